The molecule has 1 aromatic carbocycles. The monoisotopic (exact) mass is 318 g/mol. The molecule has 1 fully saturated rings. The van der Waals surface area contributed by atoms with E-state index in [0.717, 1.165) is 5.75 Å². The minimum absolute atomic E-state index is 0.0943. The average molecular weight is 318 g/mol. The van der Waals surface area contributed by atoms with Gasteiger partial charge in [0, 0.05) is 32.6 Å². The zero-order chi connectivity index (χ0) is 16.7. The van der Waals surface area contributed by atoms with Crippen LogP contribution in [0.4, 0.5) is 0 Å². The highest BCUT2D eigenvalue weighted by Crippen LogP contribution is 2.11. The van der Waals surface area contributed by atoms with E-state index >= 15 is 0 Å². The molecule has 0 unspecified atom stereocenters. The van der Waals surface area contributed by atoms with Crippen LogP contribution in [0.1, 0.15) is 26.7 Å². The maximum Gasteiger partial charge on any atom is 0.226 e. The third kappa shape index (κ3) is 5.58. The van der Waals surface area contributed by atoms with Gasteiger partial charge in [0.1, 0.15) is 5.75 Å². The number of hydrogen-bond acceptors (Lipinski definition) is 3. The van der Waals surface area contributed by atoms with Crippen molar-refractivity contribution in [2.24, 2.45) is 5.92 Å². The van der Waals surface area contributed by atoms with E-state index in [0.29, 0.717) is 51.5 Å². The number of para-hydroxylation sites is 1. The van der Waals surface area contributed by atoms with Crippen LogP contribution in [0.25, 0.3) is 0 Å². The number of benzene rings is 1. The van der Waals surface area contributed by atoms with Gasteiger partial charge in [-0.1, -0.05) is 32.0 Å². The average Bonchev–Trinajstić information content (AvgIpc) is 2.55. The van der Waals surface area contributed by atoms with Crippen LogP contribution in [0, 0.1) is 5.92 Å². The van der Waals surface area contributed by atoms with Gasteiger partial charge >= 0.3 is 0 Å². The van der Waals surface area contributed by atoms with Crippen LogP contribution < -0.4 is 4.74 Å². The Morgan fingerprint density at radius 2 is 1.57 bits per heavy atom. The molecule has 1 aromatic rings. The SMILES string of the molecule is CC(C)CC(=O)N1CCN(C(=O)CCOc2ccccc2)CC1. The van der Waals surface area contributed by atoms with Crippen molar-refractivity contribution in [3.05, 3.63) is 30.3 Å². The molecule has 1 heterocycles. The summed E-state index contributed by atoms with van der Waals surface area (Å²) in [6.45, 7) is 6.99. The number of nitrogens with zero attached hydrogens (tertiary/aromatic N) is 2. The summed E-state index contributed by atoms with van der Waals surface area (Å²) in [6.07, 6.45) is 0.952. The van der Waals surface area contributed by atoms with Crippen molar-refractivity contribution in [3.8, 4) is 5.75 Å². The van der Waals surface area contributed by atoms with Crippen LogP contribution >= 0.6 is 0 Å². The molecule has 0 spiro atoms. The summed E-state index contributed by atoms with van der Waals surface area (Å²) in [4.78, 5) is 27.9. The Morgan fingerprint density at radius 3 is 2.13 bits per heavy atom. The van der Waals surface area contributed by atoms with Crippen LogP contribution in [0.3, 0.4) is 0 Å². The maximum absolute atomic E-state index is 12.2. The second-order valence-electron chi connectivity index (χ2n) is 6.27. The van der Waals surface area contributed by atoms with E-state index in [4.69, 9.17) is 4.74 Å². The van der Waals surface area contributed by atoms with Gasteiger partial charge < -0.3 is 14.5 Å². The summed E-state index contributed by atoms with van der Waals surface area (Å²) >= 11 is 0. The van der Waals surface area contributed by atoms with Gasteiger partial charge in [0.25, 0.3) is 0 Å². The zero-order valence-corrected chi connectivity index (χ0v) is 14.0. The fraction of sp³-hybridized carbons (Fsp3) is 0.556. The van der Waals surface area contributed by atoms with E-state index in [1.54, 1.807) is 0 Å². The fourth-order valence-electron chi connectivity index (χ4n) is 2.61. The summed E-state index contributed by atoms with van der Waals surface area (Å²) in [5, 5.41) is 0. The van der Waals surface area contributed by atoms with Crippen LogP contribution in [0.2, 0.25) is 0 Å². The number of hydrogen-bond donors (Lipinski definition) is 0. The number of carbonyl (C=O) groups is 2. The van der Waals surface area contributed by atoms with E-state index in [1.807, 2.05) is 54.0 Å². The molecule has 2 rings (SSSR count). The summed E-state index contributed by atoms with van der Waals surface area (Å²) in [6, 6.07) is 9.50. The van der Waals surface area contributed by atoms with Crippen molar-refractivity contribution in [1.29, 1.82) is 0 Å². The van der Waals surface area contributed by atoms with E-state index in [-0.39, 0.29) is 11.8 Å². The lowest BCUT2D eigenvalue weighted by Crippen LogP contribution is -2.50. The summed E-state index contributed by atoms with van der Waals surface area (Å²) in [5.41, 5.74) is 0. The van der Waals surface area contributed by atoms with Gasteiger partial charge in [-0.2, -0.15) is 0 Å². The van der Waals surface area contributed by atoms with Gasteiger partial charge in [-0.25, -0.2) is 0 Å². The highest BCUT2D eigenvalue weighted by molar-refractivity contribution is 5.78. The topological polar surface area (TPSA) is 49.9 Å². The highest BCUT2D eigenvalue weighted by atomic mass is 16.5. The number of carbonyl (C=O) groups excluding carboxylic acids is 2. The minimum atomic E-state index is 0.0943. The molecule has 0 aromatic heterocycles. The van der Waals surface area contributed by atoms with Gasteiger partial charge in [0.05, 0.1) is 13.0 Å². The van der Waals surface area contributed by atoms with Crippen LogP contribution in [0.15, 0.2) is 30.3 Å². The summed E-state index contributed by atoms with van der Waals surface area (Å²) in [5.74, 6) is 1.44. The lowest BCUT2D eigenvalue weighted by atomic mass is 10.1. The van der Waals surface area contributed by atoms with Gasteiger partial charge in [-0.3, -0.25) is 9.59 Å². The van der Waals surface area contributed by atoms with Crippen LogP contribution in [-0.4, -0.2) is 54.4 Å². The van der Waals surface area contributed by atoms with Crippen LogP contribution in [0.5, 0.6) is 5.75 Å². The first kappa shape index (κ1) is 17.3. The Morgan fingerprint density at radius 1 is 1.00 bits per heavy atom. The second kappa shape index (κ2) is 8.56. The number of ether oxygens (including phenoxy) is 1. The number of rotatable bonds is 6. The van der Waals surface area contributed by atoms with Crippen molar-refractivity contribution in [2.45, 2.75) is 26.7 Å². The number of piperazine rings is 1. The molecule has 0 atom stereocenters. The molecule has 5 nitrogen and oxygen atoms in total. The van der Waals surface area contributed by atoms with Crippen molar-refractivity contribution >= 4 is 11.8 Å². The Balaban J connectivity index is 1.68. The van der Waals surface area contributed by atoms with Crippen molar-refractivity contribution < 1.29 is 14.3 Å². The molecular formula is C18H26N2O3. The molecule has 1 aliphatic rings. The standard InChI is InChI=1S/C18H26N2O3/c1-15(2)14-18(22)20-11-9-19(10-12-20)17(21)8-13-23-16-6-4-3-5-7-16/h3-7,15H,8-14H2,1-2H3. The van der Waals surface area contributed by atoms with Crippen molar-refractivity contribution in [1.82, 2.24) is 9.80 Å². The Kier molecular flexibility index (Phi) is 6.44. The molecule has 0 saturated carbocycles. The molecule has 0 radical (unpaired) electrons. The lowest BCUT2D eigenvalue weighted by Gasteiger charge is -2.35. The van der Waals surface area contributed by atoms with Crippen molar-refractivity contribution in [2.75, 3.05) is 32.8 Å². The summed E-state index contributed by atoms with van der Waals surface area (Å²) < 4.78 is 5.56. The molecule has 126 valence electrons. The molecule has 23 heavy (non-hydrogen) atoms. The third-order valence-corrected chi connectivity index (χ3v) is 3.90. The highest BCUT2D eigenvalue weighted by Gasteiger charge is 2.24. The Hall–Kier alpha value is -2.04. The maximum atomic E-state index is 12.2. The van der Waals surface area contributed by atoms with Crippen molar-refractivity contribution in [3.63, 3.8) is 0 Å². The van der Waals surface area contributed by atoms with Gasteiger partial charge in [0.2, 0.25) is 11.8 Å². The van der Waals surface area contributed by atoms with Gasteiger partial charge in [-0.05, 0) is 18.1 Å². The van der Waals surface area contributed by atoms with E-state index < -0.39 is 0 Å². The van der Waals surface area contributed by atoms with Crippen LogP contribution in [-0.2, 0) is 9.59 Å². The second-order valence-corrected chi connectivity index (χ2v) is 6.27. The Labute approximate surface area is 138 Å². The largest absolute Gasteiger partial charge is 0.493 e. The predicted octanol–water partition coefficient (Wildman–Crippen LogP) is 2.17. The first-order valence-electron chi connectivity index (χ1n) is 8.29. The summed E-state index contributed by atoms with van der Waals surface area (Å²) in [7, 11) is 0. The zero-order valence-electron chi connectivity index (χ0n) is 14.0. The molecular weight excluding hydrogens is 292 g/mol. The molecule has 1 saturated heterocycles. The van der Waals surface area contributed by atoms with E-state index in [1.165, 1.54) is 0 Å². The molecule has 0 aliphatic carbocycles. The molecule has 2 amide bonds. The molecule has 5 heteroatoms. The quantitative estimate of drug-likeness (QED) is 0.808. The van der Waals surface area contributed by atoms with E-state index in [9.17, 15) is 9.59 Å². The first-order valence-corrected chi connectivity index (χ1v) is 8.29. The molecule has 0 N–H and O–H groups in total. The number of amides is 2. The third-order valence-electron chi connectivity index (χ3n) is 3.90. The molecule has 0 bridgehead atoms. The Bertz CT molecular complexity index is 508. The van der Waals surface area contributed by atoms with Gasteiger partial charge in [-0.15, -0.1) is 0 Å². The smallest absolute Gasteiger partial charge is 0.226 e. The fourth-order valence-corrected chi connectivity index (χ4v) is 2.61. The van der Waals surface area contributed by atoms with Gasteiger partial charge in [0.15, 0.2) is 0 Å². The molecule has 1 aliphatic heterocycles. The lowest BCUT2D eigenvalue weighted by molar-refractivity contribution is -0.140. The first-order chi connectivity index (χ1) is 11.1. The normalized spacial score (nSPS) is 14.9. The minimum Gasteiger partial charge on any atom is -0.493 e. The van der Waals surface area contributed by atoms with E-state index in [2.05, 4.69) is 0 Å². The predicted molar refractivity (Wildman–Crippen MR) is 89.2 cm³/mol.